The molecule has 1 aliphatic rings. The van der Waals surface area contributed by atoms with Crippen LogP contribution in [0.4, 0.5) is 0 Å². The molecular formula is C12H18. The van der Waals surface area contributed by atoms with Crippen LogP contribution in [0.5, 0.6) is 0 Å². The van der Waals surface area contributed by atoms with Gasteiger partial charge in [0.2, 0.25) is 0 Å². The first kappa shape index (κ1) is 9.35. The van der Waals surface area contributed by atoms with E-state index in [9.17, 15) is 0 Å². The molecule has 0 spiro atoms. The van der Waals surface area contributed by atoms with Crippen molar-refractivity contribution in [3.63, 3.8) is 0 Å². The Bertz CT molecular complexity index is 260. The molecule has 0 saturated heterocycles. The Morgan fingerprint density at radius 2 is 2.17 bits per heavy atom. The van der Waals surface area contributed by atoms with Crippen LogP contribution in [0.25, 0.3) is 0 Å². The highest BCUT2D eigenvalue weighted by molar-refractivity contribution is 5.28. The van der Waals surface area contributed by atoms with E-state index in [-0.39, 0.29) is 0 Å². The quantitative estimate of drug-likeness (QED) is 0.514. The molecule has 0 aromatic rings. The van der Waals surface area contributed by atoms with Crippen LogP contribution in [0.3, 0.4) is 0 Å². The van der Waals surface area contributed by atoms with Crippen LogP contribution in [0.1, 0.15) is 40.5 Å². The van der Waals surface area contributed by atoms with Crippen LogP contribution in [-0.4, -0.2) is 0 Å². The second-order valence-electron chi connectivity index (χ2n) is 3.78. The van der Waals surface area contributed by atoms with Crippen LogP contribution < -0.4 is 0 Å². The van der Waals surface area contributed by atoms with Gasteiger partial charge in [-0.05, 0) is 43.8 Å². The average molecular weight is 162 g/mol. The highest BCUT2D eigenvalue weighted by atomic mass is 14.1. The normalized spacial score (nSPS) is 24.0. The topological polar surface area (TPSA) is 0 Å². The van der Waals surface area contributed by atoms with Gasteiger partial charge in [0.15, 0.2) is 0 Å². The predicted molar refractivity (Wildman–Crippen MR) is 54.0 cm³/mol. The molecule has 0 aromatic heterocycles. The molecule has 0 N–H and O–H groups in total. The molecule has 1 aliphatic carbocycles. The molecule has 12 heavy (non-hydrogen) atoms. The first-order chi connectivity index (χ1) is 5.63. The minimum atomic E-state index is 0.696. The second-order valence-corrected chi connectivity index (χ2v) is 3.78. The highest BCUT2D eigenvalue weighted by Gasteiger charge is 2.08. The van der Waals surface area contributed by atoms with Crippen LogP contribution in [0.2, 0.25) is 0 Å². The van der Waals surface area contributed by atoms with E-state index in [1.165, 1.54) is 23.1 Å². The summed E-state index contributed by atoms with van der Waals surface area (Å²) in [6.45, 7) is 8.88. The summed E-state index contributed by atoms with van der Waals surface area (Å²) in [7, 11) is 0. The number of hydrogen-bond donors (Lipinski definition) is 0. The van der Waals surface area contributed by atoms with Crippen LogP contribution in [0, 0.1) is 5.92 Å². The zero-order chi connectivity index (χ0) is 9.14. The Morgan fingerprint density at radius 1 is 1.50 bits per heavy atom. The SMILES string of the molecule is CCC1=C=C(C)CC(C)C(C)=C1. The molecule has 0 fully saturated rings. The summed E-state index contributed by atoms with van der Waals surface area (Å²) in [4.78, 5) is 0. The van der Waals surface area contributed by atoms with Gasteiger partial charge in [-0.3, -0.25) is 0 Å². The molecule has 1 unspecified atom stereocenters. The molecule has 0 heteroatoms. The van der Waals surface area contributed by atoms with Crippen LogP contribution in [-0.2, 0) is 0 Å². The van der Waals surface area contributed by atoms with Crippen molar-refractivity contribution in [1.82, 2.24) is 0 Å². The number of allylic oxidation sites excluding steroid dienone is 3. The smallest absolute Gasteiger partial charge is 0.00641 e. The summed E-state index contributed by atoms with van der Waals surface area (Å²) in [6.07, 6.45) is 4.56. The van der Waals surface area contributed by atoms with E-state index < -0.39 is 0 Å². The third-order valence-corrected chi connectivity index (χ3v) is 2.55. The van der Waals surface area contributed by atoms with Crippen molar-refractivity contribution in [2.24, 2.45) is 5.92 Å². The van der Waals surface area contributed by atoms with Gasteiger partial charge in [-0.2, -0.15) is 0 Å². The molecule has 0 nitrogen and oxygen atoms in total. The minimum absolute atomic E-state index is 0.696. The molecular weight excluding hydrogens is 144 g/mol. The maximum atomic E-state index is 3.45. The fraction of sp³-hybridized carbons (Fsp3) is 0.583. The number of rotatable bonds is 1. The standard InChI is InChI=1S/C12H18/c1-5-12-7-9(2)6-10(3)11(4)8-12/h8,10H,5-6H2,1-4H3. The summed E-state index contributed by atoms with van der Waals surface area (Å²) < 4.78 is 0. The Balaban J connectivity index is 3.04. The van der Waals surface area contributed by atoms with Gasteiger partial charge < -0.3 is 0 Å². The first-order valence-electron chi connectivity index (χ1n) is 4.77. The van der Waals surface area contributed by atoms with E-state index in [4.69, 9.17) is 0 Å². The Labute approximate surface area is 75.7 Å². The Hall–Kier alpha value is -0.740. The number of hydrogen-bond acceptors (Lipinski definition) is 0. The van der Waals surface area contributed by atoms with E-state index in [2.05, 4.69) is 39.5 Å². The largest absolute Gasteiger partial charge is 0.119 e. The van der Waals surface area contributed by atoms with E-state index in [1.807, 2.05) is 0 Å². The van der Waals surface area contributed by atoms with Crippen molar-refractivity contribution in [2.45, 2.75) is 40.5 Å². The first-order valence-corrected chi connectivity index (χ1v) is 4.77. The lowest BCUT2D eigenvalue weighted by Crippen LogP contribution is -1.95. The zero-order valence-electron chi connectivity index (χ0n) is 8.57. The lowest BCUT2D eigenvalue weighted by Gasteiger charge is -2.09. The van der Waals surface area contributed by atoms with Crippen molar-refractivity contribution < 1.29 is 0 Å². The van der Waals surface area contributed by atoms with E-state index in [1.54, 1.807) is 0 Å². The van der Waals surface area contributed by atoms with Gasteiger partial charge in [0, 0.05) is 0 Å². The average Bonchev–Trinajstić information content (AvgIpc) is 2.12. The third kappa shape index (κ3) is 2.12. The minimum Gasteiger partial charge on any atom is -0.119 e. The molecule has 1 atom stereocenters. The molecule has 0 aromatic carbocycles. The van der Waals surface area contributed by atoms with Crippen LogP contribution in [0.15, 0.2) is 28.5 Å². The van der Waals surface area contributed by atoms with E-state index in [0.29, 0.717) is 5.92 Å². The van der Waals surface area contributed by atoms with E-state index in [0.717, 1.165) is 6.42 Å². The van der Waals surface area contributed by atoms with Gasteiger partial charge in [-0.1, -0.05) is 25.5 Å². The lowest BCUT2D eigenvalue weighted by molar-refractivity contribution is 0.675. The van der Waals surface area contributed by atoms with Crippen molar-refractivity contribution in [3.8, 4) is 0 Å². The zero-order valence-corrected chi connectivity index (χ0v) is 8.57. The van der Waals surface area contributed by atoms with Crippen molar-refractivity contribution in [2.75, 3.05) is 0 Å². The predicted octanol–water partition coefficient (Wildman–Crippen LogP) is 3.85. The third-order valence-electron chi connectivity index (χ3n) is 2.55. The summed E-state index contributed by atoms with van der Waals surface area (Å²) >= 11 is 0. The fourth-order valence-corrected chi connectivity index (χ4v) is 1.59. The lowest BCUT2D eigenvalue weighted by atomic mass is 9.96. The molecule has 1 rings (SSSR count). The highest BCUT2D eigenvalue weighted by Crippen LogP contribution is 2.23. The molecule has 66 valence electrons. The Kier molecular flexibility index (Phi) is 2.94. The van der Waals surface area contributed by atoms with Gasteiger partial charge in [0.25, 0.3) is 0 Å². The summed E-state index contributed by atoms with van der Waals surface area (Å²) in [5.41, 5.74) is 7.69. The van der Waals surface area contributed by atoms with Gasteiger partial charge in [0.05, 0.1) is 0 Å². The molecule has 0 amide bonds. The van der Waals surface area contributed by atoms with Crippen LogP contribution >= 0.6 is 0 Å². The summed E-state index contributed by atoms with van der Waals surface area (Å²) in [6, 6.07) is 0. The summed E-state index contributed by atoms with van der Waals surface area (Å²) in [5, 5.41) is 0. The maximum Gasteiger partial charge on any atom is -0.00641 e. The second kappa shape index (κ2) is 3.78. The summed E-state index contributed by atoms with van der Waals surface area (Å²) in [5.74, 6) is 0.696. The van der Waals surface area contributed by atoms with Crippen molar-refractivity contribution in [1.29, 1.82) is 0 Å². The van der Waals surface area contributed by atoms with Crippen molar-refractivity contribution >= 4 is 0 Å². The molecule has 0 aliphatic heterocycles. The van der Waals surface area contributed by atoms with Gasteiger partial charge >= 0.3 is 0 Å². The molecule has 0 saturated carbocycles. The van der Waals surface area contributed by atoms with Crippen molar-refractivity contribution in [3.05, 3.63) is 28.5 Å². The maximum absolute atomic E-state index is 3.45. The monoisotopic (exact) mass is 162 g/mol. The fourth-order valence-electron chi connectivity index (χ4n) is 1.59. The molecule has 0 bridgehead atoms. The van der Waals surface area contributed by atoms with Gasteiger partial charge in [-0.25, -0.2) is 0 Å². The van der Waals surface area contributed by atoms with Gasteiger partial charge in [-0.15, -0.1) is 5.73 Å². The molecule has 0 heterocycles. The Morgan fingerprint density at radius 3 is 2.75 bits per heavy atom. The van der Waals surface area contributed by atoms with Gasteiger partial charge in [0.1, 0.15) is 0 Å². The molecule has 0 radical (unpaired) electrons. The van der Waals surface area contributed by atoms with E-state index >= 15 is 0 Å².